The molecule has 1 atom stereocenters. The predicted octanol–water partition coefficient (Wildman–Crippen LogP) is 4.40. The average molecular weight is 414 g/mol. The van der Waals surface area contributed by atoms with Gasteiger partial charge in [0.1, 0.15) is 18.5 Å². The van der Waals surface area contributed by atoms with Gasteiger partial charge in [-0.2, -0.15) is 0 Å². The van der Waals surface area contributed by atoms with Gasteiger partial charge in [0.2, 0.25) is 0 Å². The van der Waals surface area contributed by atoms with Crippen LogP contribution < -0.4 is 14.8 Å². The molecule has 1 fully saturated rings. The molecule has 152 valence electrons. The van der Waals surface area contributed by atoms with Crippen LogP contribution in [0.1, 0.15) is 12.8 Å². The molecule has 3 aromatic rings. The number of halogens is 1. The van der Waals surface area contributed by atoms with Gasteiger partial charge in [0, 0.05) is 13.1 Å². The highest BCUT2D eigenvalue weighted by molar-refractivity contribution is 7.22. The summed E-state index contributed by atoms with van der Waals surface area (Å²) in [5, 5.41) is 4.33. The third-order valence-corrected chi connectivity index (χ3v) is 6.60. The Morgan fingerprint density at radius 1 is 1.14 bits per heavy atom. The number of hydrogen-bond acceptors (Lipinski definition) is 6. The van der Waals surface area contributed by atoms with Crippen molar-refractivity contribution in [3.63, 3.8) is 0 Å². The Labute approximate surface area is 173 Å². The number of nitrogens with one attached hydrogen (secondary N) is 1. The molecule has 3 heterocycles. The van der Waals surface area contributed by atoms with Crippen molar-refractivity contribution in [1.29, 1.82) is 0 Å². The standard InChI is InChI=1S/C22H24FN3O2S/c23-16-5-6-18-21(11-16)29-22(25-18)24-12-15-7-9-26(10-8-15)13-17-14-27-19-3-1-2-4-20(19)28-17/h1-6,11,15,17H,7-10,12-14H2,(H,24,25). The van der Waals surface area contributed by atoms with Crippen molar-refractivity contribution < 1.29 is 13.9 Å². The topological polar surface area (TPSA) is 46.6 Å². The highest BCUT2D eigenvalue weighted by Gasteiger charge is 2.26. The number of nitrogens with zero attached hydrogens (tertiary/aromatic N) is 2. The molecule has 0 spiro atoms. The number of likely N-dealkylation sites (tertiary alicyclic amines) is 1. The number of hydrogen-bond donors (Lipinski definition) is 1. The van der Waals surface area contributed by atoms with Crippen LogP contribution >= 0.6 is 11.3 Å². The number of ether oxygens (including phenoxy) is 2. The monoisotopic (exact) mass is 413 g/mol. The molecular formula is C22H24FN3O2S. The van der Waals surface area contributed by atoms with Crippen LogP contribution in [0, 0.1) is 11.7 Å². The number of thiazole rings is 1. The van der Waals surface area contributed by atoms with E-state index in [1.807, 2.05) is 24.3 Å². The van der Waals surface area contributed by atoms with Crippen LogP contribution in [0.25, 0.3) is 10.2 Å². The van der Waals surface area contributed by atoms with Crippen LogP contribution in [-0.4, -0.2) is 48.8 Å². The van der Waals surface area contributed by atoms with E-state index in [2.05, 4.69) is 15.2 Å². The SMILES string of the molecule is Fc1ccc2nc(NCC3CCN(CC4COc5ccccc5O4)CC3)sc2c1. The van der Waals surface area contributed by atoms with Crippen LogP contribution in [0.4, 0.5) is 9.52 Å². The van der Waals surface area contributed by atoms with Gasteiger partial charge in [0.25, 0.3) is 0 Å². The van der Waals surface area contributed by atoms with Crippen molar-refractivity contribution in [2.75, 3.05) is 38.1 Å². The normalized spacial score (nSPS) is 20.1. The van der Waals surface area contributed by atoms with E-state index >= 15 is 0 Å². The summed E-state index contributed by atoms with van der Waals surface area (Å²) in [5.74, 6) is 2.10. The lowest BCUT2D eigenvalue weighted by Crippen LogP contribution is -2.44. The Balaban J connectivity index is 1.08. The van der Waals surface area contributed by atoms with Gasteiger partial charge in [0.15, 0.2) is 16.6 Å². The number of rotatable bonds is 5. The summed E-state index contributed by atoms with van der Waals surface area (Å²) >= 11 is 1.52. The highest BCUT2D eigenvalue weighted by atomic mass is 32.1. The maximum atomic E-state index is 13.3. The number of benzene rings is 2. The van der Waals surface area contributed by atoms with E-state index in [9.17, 15) is 4.39 Å². The molecule has 1 aromatic heterocycles. The predicted molar refractivity (Wildman–Crippen MR) is 114 cm³/mol. The minimum absolute atomic E-state index is 0.0859. The zero-order chi connectivity index (χ0) is 19.6. The van der Waals surface area contributed by atoms with Gasteiger partial charge in [-0.3, -0.25) is 4.90 Å². The first kappa shape index (κ1) is 18.6. The molecule has 29 heavy (non-hydrogen) atoms. The second-order valence-corrected chi connectivity index (χ2v) is 8.78. The fourth-order valence-corrected chi connectivity index (χ4v) is 4.92. The number of fused-ring (bicyclic) bond motifs is 2. The van der Waals surface area contributed by atoms with Gasteiger partial charge in [-0.1, -0.05) is 23.5 Å². The number of piperidine rings is 1. The lowest BCUT2D eigenvalue weighted by molar-refractivity contribution is 0.0485. The van der Waals surface area contributed by atoms with Crippen molar-refractivity contribution in [3.8, 4) is 11.5 Å². The summed E-state index contributed by atoms with van der Waals surface area (Å²) in [5.41, 5.74) is 0.852. The van der Waals surface area contributed by atoms with Crippen LogP contribution in [0.5, 0.6) is 11.5 Å². The Bertz CT molecular complexity index is 987. The van der Waals surface area contributed by atoms with E-state index < -0.39 is 0 Å². The van der Waals surface area contributed by atoms with Crippen molar-refractivity contribution in [2.45, 2.75) is 18.9 Å². The summed E-state index contributed by atoms with van der Waals surface area (Å²) in [7, 11) is 0. The van der Waals surface area contributed by atoms with E-state index in [0.29, 0.717) is 12.5 Å². The molecule has 2 aliphatic rings. The largest absolute Gasteiger partial charge is 0.486 e. The molecule has 0 radical (unpaired) electrons. The molecule has 1 N–H and O–H groups in total. The second-order valence-electron chi connectivity index (χ2n) is 7.75. The van der Waals surface area contributed by atoms with Crippen LogP contribution in [-0.2, 0) is 0 Å². The quantitative estimate of drug-likeness (QED) is 0.672. The van der Waals surface area contributed by atoms with E-state index in [1.165, 1.54) is 17.4 Å². The van der Waals surface area contributed by atoms with Gasteiger partial charge < -0.3 is 14.8 Å². The first-order valence-corrected chi connectivity index (χ1v) is 11.0. The molecule has 2 aromatic carbocycles. The molecule has 1 unspecified atom stereocenters. The summed E-state index contributed by atoms with van der Waals surface area (Å²) < 4.78 is 26.1. The third kappa shape index (κ3) is 4.31. The third-order valence-electron chi connectivity index (χ3n) is 5.63. The maximum absolute atomic E-state index is 13.3. The Kier molecular flexibility index (Phi) is 5.24. The van der Waals surface area contributed by atoms with Crippen LogP contribution in [0.2, 0.25) is 0 Å². The van der Waals surface area contributed by atoms with Crippen molar-refractivity contribution in [3.05, 3.63) is 48.3 Å². The zero-order valence-electron chi connectivity index (χ0n) is 16.1. The van der Waals surface area contributed by atoms with E-state index in [1.54, 1.807) is 12.1 Å². The molecule has 0 aliphatic carbocycles. The Morgan fingerprint density at radius 3 is 2.83 bits per heavy atom. The van der Waals surface area contributed by atoms with Gasteiger partial charge in [-0.05, 0) is 62.2 Å². The average Bonchev–Trinajstić information content (AvgIpc) is 3.15. The van der Waals surface area contributed by atoms with Gasteiger partial charge in [-0.15, -0.1) is 0 Å². The fraction of sp³-hybridized carbons (Fsp3) is 0.409. The Hall–Kier alpha value is -2.38. The van der Waals surface area contributed by atoms with Gasteiger partial charge in [0.05, 0.1) is 10.2 Å². The number of anilines is 1. The Morgan fingerprint density at radius 2 is 1.97 bits per heavy atom. The van der Waals surface area contributed by atoms with E-state index in [0.717, 1.165) is 65.9 Å². The molecular weight excluding hydrogens is 389 g/mol. The lowest BCUT2D eigenvalue weighted by Gasteiger charge is -2.35. The molecule has 1 saturated heterocycles. The smallest absolute Gasteiger partial charge is 0.183 e. The van der Waals surface area contributed by atoms with E-state index in [-0.39, 0.29) is 11.9 Å². The zero-order valence-corrected chi connectivity index (χ0v) is 17.0. The second kappa shape index (κ2) is 8.16. The van der Waals surface area contributed by atoms with Gasteiger partial charge in [-0.25, -0.2) is 9.37 Å². The van der Waals surface area contributed by atoms with Gasteiger partial charge >= 0.3 is 0 Å². The highest BCUT2D eigenvalue weighted by Crippen LogP contribution is 2.31. The minimum atomic E-state index is -0.212. The first-order valence-electron chi connectivity index (χ1n) is 10.1. The van der Waals surface area contributed by atoms with Crippen molar-refractivity contribution >= 4 is 26.7 Å². The lowest BCUT2D eigenvalue weighted by atomic mass is 9.96. The summed E-state index contributed by atoms with van der Waals surface area (Å²) in [4.78, 5) is 7.02. The van der Waals surface area contributed by atoms with Crippen molar-refractivity contribution in [1.82, 2.24) is 9.88 Å². The molecule has 0 amide bonds. The molecule has 2 aliphatic heterocycles. The summed E-state index contributed by atoms with van der Waals surface area (Å²) in [6, 6.07) is 12.6. The molecule has 5 rings (SSSR count). The van der Waals surface area contributed by atoms with Crippen LogP contribution in [0.3, 0.4) is 0 Å². The van der Waals surface area contributed by atoms with E-state index in [4.69, 9.17) is 9.47 Å². The number of para-hydroxylation sites is 2. The molecule has 7 heteroatoms. The first-order chi connectivity index (χ1) is 14.2. The summed E-state index contributed by atoms with van der Waals surface area (Å²) in [6.45, 7) is 4.55. The minimum Gasteiger partial charge on any atom is -0.486 e. The number of aromatic nitrogens is 1. The fourth-order valence-electron chi connectivity index (χ4n) is 4.02. The molecule has 5 nitrogen and oxygen atoms in total. The molecule has 0 saturated carbocycles. The maximum Gasteiger partial charge on any atom is 0.183 e. The molecule has 0 bridgehead atoms. The summed E-state index contributed by atoms with van der Waals surface area (Å²) in [6.07, 6.45) is 2.38. The van der Waals surface area contributed by atoms with Crippen LogP contribution in [0.15, 0.2) is 42.5 Å². The van der Waals surface area contributed by atoms with Crippen molar-refractivity contribution in [2.24, 2.45) is 5.92 Å².